The van der Waals surface area contributed by atoms with Gasteiger partial charge in [0.15, 0.2) is 0 Å². The number of hydrogen-bond acceptors (Lipinski definition) is 8. The van der Waals surface area contributed by atoms with E-state index in [2.05, 4.69) is 36.6 Å². The monoisotopic (exact) mass is 585 g/mol. The largest absolute Gasteiger partial charge is 0.392 e. The summed E-state index contributed by atoms with van der Waals surface area (Å²) in [5, 5.41) is 32.9. The average Bonchev–Trinajstić information content (AvgIpc) is 3.54. The molecule has 5 N–H and O–H groups in total. The molecular weight excluding hydrogens is 546 g/mol. The van der Waals surface area contributed by atoms with Gasteiger partial charge in [0.2, 0.25) is 17.6 Å². The predicted molar refractivity (Wildman–Crippen MR) is 163 cm³/mol. The quantitative estimate of drug-likeness (QED) is 0.143. The van der Waals surface area contributed by atoms with E-state index >= 15 is 0 Å². The standard InChI is InChI=1S/C32H39N7O4/c1-22(40)18-34-32(2,3)17-29(41)35-28(21-43-20-24-9-5-4-6-10-24)31(42)33-19-23-13-15-25(16-14-23)26-11-7-8-12-27(26)30-36-38-39-37-30/h4-16,22,28,34,40H,17-21H2,1-3H3,(H,33,42)(H,35,41)(H,36,37,38,39)/t22?,28-/m1/s1. The van der Waals surface area contributed by atoms with Crippen LogP contribution in [0.15, 0.2) is 78.9 Å². The number of carbonyl (C=O) groups excluding carboxylic acids is 2. The van der Waals surface area contributed by atoms with Crippen molar-refractivity contribution in [1.29, 1.82) is 0 Å². The molecule has 2 atom stereocenters. The lowest BCUT2D eigenvalue weighted by Crippen LogP contribution is -2.52. The average molecular weight is 586 g/mol. The second kappa shape index (κ2) is 15.1. The van der Waals surface area contributed by atoms with Crippen molar-refractivity contribution in [2.24, 2.45) is 0 Å². The third-order valence-corrected chi connectivity index (χ3v) is 6.77. The molecule has 0 aliphatic rings. The third kappa shape index (κ3) is 9.81. The van der Waals surface area contributed by atoms with Crippen LogP contribution >= 0.6 is 0 Å². The van der Waals surface area contributed by atoms with E-state index in [1.165, 1.54) is 0 Å². The van der Waals surface area contributed by atoms with Crippen LogP contribution < -0.4 is 16.0 Å². The Morgan fingerprint density at radius 1 is 0.953 bits per heavy atom. The summed E-state index contributed by atoms with van der Waals surface area (Å²) in [5.74, 6) is -0.129. The van der Waals surface area contributed by atoms with Crippen LogP contribution in [0.5, 0.6) is 0 Å². The molecule has 1 aromatic heterocycles. The zero-order valence-electron chi connectivity index (χ0n) is 24.7. The minimum Gasteiger partial charge on any atom is -0.392 e. The summed E-state index contributed by atoms with van der Waals surface area (Å²) in [6.07, 6.45) is -0.420. The zero-order valence-corrected chi connectivity index (χ0v) is 24.7. The Bertz CT molecular complexity index is 1440. The van der Waals surface area contributed by atoms with E-state index in [9.17, 15) is 14.7 Å². The highest BCUT2D eigenvalue weighted by molar-refractivity contribution is 5.88. The molecule has 1 unspecified atom stereocenters. The first-order valence-electron chi connectivity index (χ1n) is 14.2. The molecule has 0 spiro atoms. The fourth-order valence-corrected chi connectivity index (χ4v) is 4.51. The molecule has 3 aromatic carbocycles. The van der Waals surface area contributed by atoms with Gasteiger partial charge in [0.25, 0.3) is 0 Å². The van der Waals surface area contributed by atoms with Gasteiger partial charge in [0, 0.05) is 30.6 Å². The fourth-order valence-electron chi connectivity index (χ4n) is 4.51. The molecule has 0 saturated carbocycles. The van der Waals surface area contributed by atoms with E-state index in [1.54, 1.807) is 6.92 Å². The van der Waals surface area contributed by atoms with Gasteiger partial charge < -0.3 is 25.8 Å². The molecule has 11 nitrogen and oxygen atoms in total. The number of hydrogen-bond donors (Lipinski definition) is 5. The van der Waals surface area contributed by atoms with Crippen LogP contribution in [0.25, 0.3) is 22.5 Å². The normalized spacial score (nSPS) is 12.8. The molecule has 2 amide bonds. The van der Waals surface area contributed by atoms with Crippen LogP contribution in [0, 0.1) is 0 Å². The number of β-amino-alcohol motifs (C(OH)–C–C–N with tert-alkyl or cyclic N) is 1. The van der Waals surface area contributed by atoms with Crippen LogP contribution in [0.1, 0.15) is 38.3 Å². The molecule has 4 rings (SSSR count). The molecular formula is C32H39N7O4. The van der Waals surface area contributed by atoms with Gasteiger partial charge in [-0.2, -0.15) is 5.21 Å². The van der Waals surface area contributed by atoms with Crippen molar-refractivity contribution in [2.45, 2.75) is 58.0 Å². The van der Waals surface area contributed by atoms with Crippen LogP contribution in [0.4, 0.5) is 0 Å². The summed E-state index contributed by atoms with van der Waals surface area (Å²) in [5.41, 5.74) is 4.09. The van der Waals surface area contributed by atoms with E-state index < -0.39 is 17.7 Å². The molecule has 0 fully saturated rings. The first-order valence-corrected chi connectivity index (χ1v) is 14.2. The van der Waals surface area contributed by atoms with Crippen LogP contribution in [0.2, 0.25) is 0 Å². The molecule has 43 heavy (non-hydrogen) atoms. The second-order valence-corrected chi connectivity index (χ2v) is 11.1. The summed E-state index contributed by atoms with van der Waals surface area (Å²) < 4.78 is 5.83. The van der Waals surface area contributed by atoms with E-state index in [-0.39, 0.29) is 31.4 Å². The Kier molecular flexibility index (Phi) is 11.1. The number of aromatic amines is 1. The van der Waals surface area contributed by atoms with E-state index in [1.807, 2.05) is 92.7 Å². The lowest BCUT2D eigenvalue weighted by molar-refractivity contribution is -0.131. The first-order chi connectivity index (χ1) is 20.7. The number of ether oxygens (including phenoxy) is 1. The third-order valence-electron chi connectivity index (χ3n) is 6.77. The van der Waals surface area contributed by atoms with E-state index in [4.69, 9.17) is 4.74 Å². The lowest BCUT2D eigenvalue weighted by Gasteiger charge is -2.28. The number of benzene rings is 3. The van der Waals surface area contributed by atoms with Crippen LogP contribution in [-0.4, -0.2) is 68.4 Å². The van der Waals surface area contributed by atoms with Crippen LogP contribution in [-0.2, 0) is 27.5 Å². The number of carbonyl (C=O) groups is 2. The maximum atomic E-state index is 13.3. The number of aliphatic hydroxyl groups excluding tert-OH is 1. The molecule has 11 heteroatoms. The van der Waals surface area contributed by atoms with Gasteiger partial charge in [0.05, 0.1) is 19.3 Å². The summed E-state index contributed by atoms with van der Waals surface area (Å²) in [4.78, 5) is 26.2. The number of tetrazole rings is 1. The molecule has 0 aliphatic heterocycles. The molecule has 0 radical (unpaired) electrons. The van der Waals surface area contributed by atoms with E-state index in [0.29, 0.717) is 19.0 Å². The highest BCUT2D eigenvalue weighted by atomic mass is 16.5. The van der Waals surface area contributed by atoms with Gasteiger partial charge >= 0.3 is 0 Å². The van der Waals surface area contributed by atoms with Crippen molar-refractivity contribution in [2.75, 3.05) is 13.2 Å². The second-order valence-electron chi connectivity index (χ2n) is 11.1. The summed E-state index contributed by atoms with van der Waals surface area (Å²) in [6, 6.07) is 24.4. The number of aliphatic hydroxyl groups is 1. The Balaban J connectivity index is 1.38. The number of aromatic nitrogens is 4. The number of nitrogens with zero attached hydrogens (tertiary/aromatic N) is 3. The first kappa shape index (κ1) is 31.5. The van der Waals surface area contributed by atoms with Crippen LogP contribution in [0.3, 0.4) is 0 Å². The Morgan fingerprint density at radius 3 is 2.33 bits per heavy atom. The maximum Gasteiger partial charge on any atom is 0.245 e. The van der Waals surface area contributed by atoms with Gasteiger partial charge in [-0.25, -0.2) is 0 Å². The molecule has 0 bridgehead atoms. The van der Waals surface area contributed by atoms with Crippen molar-refractivity contribution in [3.05, 3.63) is 90.0 Å². The summed E-state index contributed by atoms with van der Waals surface area (Å²) in [6.45, 7) is 6.38. The molecule has 1 heterocycles. The molecule has 226 valence electrons. The van der Waals surface area contributed by atoms with Gasteiger partial charge in [-0.05, 0) is 48.2 Å². The topological polar surface area (TPSA) is 154 Å². The van der Waals surface area contributed by atoms with Gasteiger partial charge in [0.1, 0.15) is 6.04 Å². The SMILES string of the molecule is CC(O)CNC(C)(C)CC(=O)N[C@H](COCc1ccccc1)C(=O)NCc1ccc(-c2ccccc2-c2nn[nH]n2)cc1. The Hall–Kier alpha value is -4.45. The molecule has 4 aromatic rings. The molecule has 0 saturated heterocycles. The van der Waals surface area contributed by atoms with Gasteiger partial charge in [-0.3, -0.25) is 9.59 Å². The minimum atomic E-state index is -0.884. The van der Waals surface area contributed by atoms with Crippen molar-refractivity contribution in [3.63, 3.8) is 0 Å². The lowest BCUT2D eigenvalue weighted by atomic mass is 9.98. The highest BCUT2D eigenvalue weighted by Crippen LogP contribution is 2.29. The van der Waals surface area contributed by atoms with Crippen molar-refractivity contribution in [1.82, 2.24) is 36.6 Å². The predicted octanol–water partition coefficient (Wildman–Crippen LogP) is 2.99. The van der Waals surface area contributed by atoms with E-state index in [0.717, 1.165) is 27.8 Å². The summed E-state index contributed by atoms with van der Waals surface area (Å²) >= 11 is 0. The zero-order chi connectivity index (χ0) is 30.7. The highest BCUT2D eigenvalue weighted by Gasteiger charge is 2.26. The number of rotatable bonds is 15. The number of H-pyrrole nitrogens is 1. The number of nitrogens with one attached hydrogen (secondary N) is 4. The van der Waals surface area contributed by atoms with Crippen molar-refractivity contribution >= 4 is 11.8 Å². The minimum absolute atomic E-state index is 0.0137. The maximum absolute atomic E-state index is 13.3. The summed E-state index contributed by atoms with van der Waals surface area (Å²) in [7, 11) is 0. The smallest absolute Gasteiger partial charge is 0.245 e. The van der Waals surface area contributed by atoms with Crippen molar-refractivity contribution in [3.8, 4) is 22.5 Å². The molecule has 0 aliphatic carbocycles. The Morgan fingerprint density at radius 2 is 1.65 bits per heavy atom. The van der Waals surface area contributed by atoms with Gasteiger partial charge in [-0.1, -0.05) is 78.9 Å². The number of amides is 2. The Labute approximate surface area is 251 Å². The van der Waals surface area contributed by atoms with Crippen molar-refractivity contribution < 1.29 is 19.4 Å². The van der Waals surface area contributed by atoms with Gasteiger partial charge in [-0.15, -0.1) is 10.2 Å². The fraction of sp³-hybridized carbons (Fsp3) is 0.344.